The van der Waals surface area contributed by atoms with E-state index in [4.69, 9.17) is 126 Å². The summed E-state index contributed by atoms with van der Waals surface area (Å²) in [6.07, 6.45) is 11.4. The van der Waals surface area contributed by atoms with E-state index in [9.17, 15) is 38.4 Å². The Morgan fingerprint density at radius 1 is 0.184 bits per heavy atom. The van der Waals surface area contributed by atoms with Crippen molar-refractivity contribution in [2.45, 2.75) is 0 Å². The van der Waals surface area contributed by atoms with Crippen LogP contribution >= 0.6 is 0 Å². The molecule has 8 bridgehead atoms. The van der Waals surface area contributed by atoms with Gasteiger partial charge in [0.15, 0.2) is 0 Å². The Morgan fingerprint density at radius 3 is 0.441 bits per heavy atom. The van der Waals surface area contributed by atoms with Crippen LogP contribution in [-0.4, -0.2) is 164 Å². The molecule has 36 nitrogen and oxygen atoms in total. The van der Waals surface area contributed by atoms with Crippen molar-refractivity contribution in [3.63, 3.8) is 0 Å². The van der Waals surface area contributed by atoms with Crippen molar-refractivity contribution in [3.05, 3.63) is 311 Å². The maximum absolute atomic E-state index is 13.0. The maximum atomic E-state index is 13.0. The van der Waals surface area contributed by atoms with Crippen LogP contribution in [0.25, 0.3) is 90.9 Å². The quantitative estimate of drug-likeness (QED) is 0.0340. The van der Waals surface area contributed by atoms with Gasteiger partial charge in [-0.1, -0.05) is 0 Å². The van der Waals surface area contributed by atoms with E-state index < -0.39 is 47.8 Å². The first-order chi connectivity index (χ1) is 66.3. The molecule has 0 fully saturated rings. The number of benzene rings is 8. The number of carbonyl (C=O) groups excluding carboxylic acids is 8. The zero-order chi connectivity index (χ0) is 94.6. The van der Waals surface area contributed by atoms with E-state index in [2.05, 4.69) is 9.97 Å². The van der Waals surface area contributed by atoms with Gasteiger partial charge in [-0.05, 0) is 243 Å². The smallest absolute Gasteiger partial charge is 0.337 e. The molecule has 136 heavy (non-hydrogen) atoms. The van der Waals surface area contributed by atoms with Crippen LogP contribution in [0.4, 0.5) is 0 Å². The summed E-state index contributed by atoms with van der Waals surface area (Å²) in [4.78, 5) is 162. The summed E-state index contributed by atoms with van der Waals surface area (Å²) in [5.74, 6) is -5.53. The third kappa shape index (κ3) is 18.9. The second-order valence-corrected chi connectivity index (χ2v) is 28.9. The molecule has 0 saturated heterocycles. The molecule has 0 atom stereocenters. The van der Waals surface area contributed by atoms with Crippen molar-refractivity contribution in [3.8, 4) is 138 Å². The van der Waals surface area contributed by atoms with E-state index in [0.717, 1.165) is 0 Å². The number of aromatic nitrogens is 12. The fourth-order valence-corrected chi connectivity index (χ4v) is 14.3. The van der Waals surface area contributed by atoms with Gasteiger partial charge in [0, 0.05) is 44.3 Å². The molecular weight excluding hydrogens is 1750 g/mol. The lowest BCUT2D eigenvalue weighted by Gasteiger charge is -2.16. The van der Waals surface area contributed by atoms with E-state index in [1.54, 1.807) is 48.6 Å². The molecule has 2 aliphatic heterocycles. The van der Waals surface area contributed by atoms with E-state index in [1.807, 2.05) is 0 Å². The number of aromatic amines is 2. The van der Waals surface area contributed by atoms with Crippen LogP contribution in [0.5, 0.6) is 93.0 Å². The van der Waals surface area contributed by atoms with Gasteiger partial charge in [-0.15, -0.1) is 0 Å². The van der Waals surface area contributed by atoms with Crippen molar-refractivity contribution in [1.82, 2.24) is 59.8 Å². The van der Waals surface area contributed by atoms with Crippen molar-refractivity contribution in [2.24, 2.45) is 0 Å². The van der Waals surface area contributed by atoms with Gasteiger partial charge < -0.3 is 85.8 Å². The third-order valence-corrected chi connectivity index (χ3v) is 20.8. The summed E-state index contributed by atoms with van der Waals surface area (Å²) >= 11 is 0. The van der Waals surface area contributed by atoms with E-state index in [1.165, 1.54) is 276 Å². The Kier molecular flexibility index (Phi) is 25.8. The number of nitrogens with one attached hydrogen (secondary N) is 2. The highest BCUT2D eigenvalue weighted by Crippen LogP contribution is 2.51. The monoisotopic (exact) mass is 1820 g/mol. The van der Waals surface area contributed by atoms with Crippen molar-refractivity contribution in [1.29, 1.82) is 0 Å². The van der Waals surface area contributed by atoms with E-state index in [0.29, 0.717) is 0 Å². The molecule has 17 rings (SSSR count). The average molecular weight is 1820 g/mol. The van der Waals surface area contributed by atoms with Crippen molar-refractivity contribution < 1.29 is 114 Å². The van der Waals surface area contributed by atoms with Crippen LogP contribution in [0.1, 0.15) is 106 Å². The molecule has 0 unspecified atom stereocenters. The number of fused-ring (bicyclic) bond motifs is 8. The van der Waals surface area contributed by atoms with Gasteiger partial charge in [-0.2, -0.15) is 0 Å². The minimum absolute atomic E-state index is 0.0160. The number of esters is 8. The Labute approximate surface area is 769 Å². The number of nitrogens with zero attached hydrogens (tertiary/aromatic N) is 10. The van der Waals surface area contributed by atoms with Crippen LogP contribution in [0.2, 0.25) is 0 Å². The first-order valence-electron chi connectivity index (χ1n) is 40.8. The fraction of sp³-hybridized carbons (Fsp3) is 0.0800. The average Bonchev–Trinajstić information content (AvgIpc) is 1.51. The van der Waals surface area contributed by atoms with Crippen LogP contribution in [0.3, 0.4) is 0 Å². The lowest BCUT2D eigenvalue weighted by molar-refractivity contribution is 0.0592. The molecule has 15 aromatic rings. The van der Waals surface area contributed by atoms with Gasteiger partial charge >= 0.3 is 47.8 Å². The van der Waals surface area contributed by atoms with Crippen molar-refractivity contribution >= 4 is 94.1 Å². The summed E-state index contributed by atoms with van der Waals surface area (Å²) in [5.41, 5.74) is 2.79. The van der Waals surface area contributed by atoms with Crippen LogP contribution in [0, 0.1) is 0 Å². The van der Waals surface area contributed by atoms with Gasteiger partial charge in [-0.3, -0.25) is 0 Å². The molecular formula is C100H70N12O24. The molecule has 0 aliphatic carbocycles. The molecule has 2 aliphatic rings. The first kappa shape index (κ1) is 88.8. The van der Waals surface area contributed by atoms with Crippen LogP contribution in [-0.2, 0) is 37.9 Å². The number of carbonyl (C=O) groups is 8. The minimum Gasteiger partial charge on any atom is -0.465 e. The summed E-state index contributed by atoms with van der Waals surface area (Å²) in [7, 11) is 9.96. The maximum Gasteiger partial charge on any atom is 0.337 e. The molecule has 8 aromatic carbocycles. The van der Waals surface area contributed by atoms with E-state index >= 15 is 0 Å². The normalized spacial score (nSPS) is 11.1. The number of rotatable bonds is 28. The second-order valence-electron chi connectivity index (χ2n) is 28.9. The topological polar surface area (TPSA) is 445 Å². The highest BCUT2D eigenvalue weighted by Gasteiger charge is 2.33. The molecule has 2 N–H and O–H groups in total. The summed E-state index contributed by atoms with van der Waals surface area (Å²) in [5, 5.41) is 0. The molecule has 0 spiro atoms. The number of ether oxygens (including phenoxy) is 16. The lowest BCUT2D eigenvalue weighted by atomic mass is 10.1. The minimum atomic E-state index is -0.639. The summed E-state index contributed by atoms with van der Waals surface area (Å²) < 4.78 is 95.7. The predicted molar refractivity (Wildman–Crippen MR) is 486 cm³/mol. The van der Waals surface area contributed by atoms with Crippen LogP contribution in [0.15, 0.2) is 244 Å². The van der Waals surface area contributed by atoms with Gasteiger partial charge in [0.1, 0.15) is 93.6 Å². The zero-order valence-electron chi connectivity index (χ0n) is 72.7. The van der Waals surface area contributed by atoms with Gasteiger partial charge in [0.2, 0.25) is 47.0 Å². The van der Waals surface area contributed by atoms with E-state index in [-0.39, 0.29) is 227 Å². The molecule has 0 amide bonds. The molecule has 0 radical (unpaired) electrons. The SMILES string of the molecule is COC(=O)c1ccc(Oc2ncnc(Oc3ccc(C(=O)OC)cc3)c2-c2c3nc(c(-c4c(Oc5ccc(C(=O)OC)cc5)ncnc4Oc4ccc(C(=O)OC)cc4)c4ccc([nH]4)c(-c4c(Oc5ccc(C(=O)OC)cc5)ncnc4Oc4ccc(C(=O)OC)cc4)c4nc(c(-c5c(Oc6ccc(C(=O)OC)cc6)ncnc5Oc5ccc(C(=O)OC)cc5)c5ccc2[nH]5)C=C4)C=C3)cc1. The largest absolute Gasteiger partial charge is 0.465 e. The fourth-order valence-electron chi connectivity index (χ4n) is 14.3. The number of hydrogen-bond acceptors (Lipinski definition) is 34. The number of H-pyrrole nitrogens is 2. The zero-order valence-corrected chi connectivity index (χ0v) is 72.7. The van der Waals surface area contributed by atoms with Crippen molar-refractivity contribution in [2.75, 3.05) is 56.9 Å². The second kappa shape index (κ2) is 39.4. The highest BCUT2D eigenvalue weighted by atomic mass is 16.6. The number of methoxy groups -OCH3 is 8. The number of hydrogen-bond donors (Lipinski definition) is 2. The highest BCUT2D eigenvalue weighted by molar-refractivity contribution is 6.04. The van der Waals surface area contributed by atoms with Crippen LogP contribution < -0.4 is 37.9 Å². The Morgan fingerprint density at radius 2 is 0.316 bits per heavy atom. The van der Waals surface area contributed by atoms with Gasteiger partial charge in [0.05, 0.1) is 124 Å². The Bertz CT molecular complexity index is 6270. The predicted octanol–water partition coefficient (Wildman–Crippen LogP) is 19.1. The molecule has 0 saturated carbocycles. The molecule has 36 heteroatoms. The Hall–Kier alpha value is -19.2. The lowest BCUT2D eigenvalue weighted by Crippen LogP contribution is -2.03. The Balaban J connectivity index is 1.04. The third-order valence-electron chi connectivity index (χ3n) is 20.8. The standard InChI is InChI=1S/C100H70N12O24/c1-121-93(113)53-9-25-61(26-10-53)129-85-81(86(102-49-101-85)130-62-27-11-54(12-28-62)94(114)122-2)77-69-41-43-71(109-69)78(82-87(131-63-29-13-55(14-30-63)95(115)123-3)103-50-104-88(82)132-64-31-15-56(16-32-64)96(116)124-4)73-45-47-75(111-73)80(84-91(135-67-37-21-59(22-38-67)99(119)127-7)107-52-108-92(84)136-68-39-23-60(24-40-68)100(120)128-8)76-48-46-74(112-76)79(72-44-42-70(77)110-72)83-89(133-65-33-17-57(18-34-65)97(117)125-5)105-51-106-90(83)134-66-35-19-58(20-36-66)98(118)126-6/h9-52,109,112H,1-8H3. The van der Waals surface area contributed by atoms with Gasteiger partial charge in [-0.25, -0.2) is 88.2 Å². The first-order valence-corrected chi connectivity index (χ1v) is 40.8. The summed E-state index contributed by atoms with van der Waals surface area (Å²) in [6.45, 7) is 0. The summed E-state index contributed by atoms with van der Waals surface area (Å²) in [6, 6.07) is 54.9. The molecule has 674 valence electrons. The van der Waals surface area contributed by atoms with Gasteiger partial charge in [0.25, 0.3) is 0 Å². The molecule has 9 heterocycles. The molecule has 7 aromatic heterocycles.